The SMILES string of the molecule is O=C(NC1CCC(CO)CC1)c1c(O)cc(F)cc1F. The van der Waals surface area contributed by atoms with Crippen LogP contribution in [0.5, 0.6) is 5.75 Å². The van der Waals surface area contributed by atoms with E-state index in [2.05, 4.69) is 5.32 Å². The lowest BCUT2D eigenvalue weighted by atomic mass is 9.86. The Balaban J connectivity index is 2.03. The number of hydrogen-bond donors (Lipinski definition) is 3. The molecule has 1 saturated carbocycles. The molecular weight excluding hydrogens is 268 g/mol. The lowest BCUT2D eigenvalue weighted by Gasteiger charge is -2.28. The summed E-state index contributed by atoms with van der Waals surface area (Å²) in [6, 6.07) is 1.16. The maximum atomic E-state index is 13.5. The summed E-state index contributed by atoms with van der Waals surface area (Å²) in [5.41, 5.74) is -0.532. The summed E-state index contributed by atoms with van der Waals surface area (Å²) in [6.07, 6.45) is 2.97. The van der Waals surface area contributed by atoms with Crippen LogP contribution < -0.4 is 5.32 Å². The van der Waals surface area contributed by atoms with Crippen LogP contribution in [0.15, 0.2) is 12.1 Å². The fourth-order valence-electron chi connectivity index (χ4n) is 2.53. The number of carbonyl (C=O) groups excluding carboxylic acids is 1. The van der Waals surface area contributed by atoms with E-state index in [1.54, 1.807) is 0 Å². The van der Waals surface area contributed by atoms with Crippen molar-refractivity contribution in [1.82, 2.24) is 5.32 Å². The molecule has 1 fully saturated rings. The van der Waals surface area contributed by atoms with Gasteiger partial charge in [0, 0.05) is 24.8 Å². The van der Waals surface area contributed by atoms with Gasteiger partial charge in [0.1, 0.15) is 22.9 Å². The molecule has 1 aliphatic carbocycles. The summed E-state index contributed by atoms with van der Waals surface area (Å²) in [4.78, 5) is 11.9. The van der Waals surface area contributed by atoms with Gasteiger partial charge in [-0.05, 0) is 31.6 Å². The first-order chi connectivity index (χ1) is 9.51. The van der Waals surface area contributed by atoms with E-state index in [-0.39, 0.29) is 18.6 Å². The summed E-state index contributed by atoms with van der Waals surface area (Å²) in [5, 5.41) is 21.1. The molecule has 0 atom stereocenters. The molecule has 1 aliphatic rings. The van der Waals surface area contributed by atoms with Crippen LogP contribution in [0.2, 0.25) is 0 Å². The number of amides is 1. The summed E-state index contributed by atoms with van der Waals surface area (Å²) >= 11 is 0. The van der Waals surface area contributed by atoms with E-state index in [4.69, 9.17) is 5.11 Å². The van der Waals surface area contributed by atoms with Crippen molar-refractivity contribution < 1.29 is 23.8 Å². The molecule has 1 amide bonds. The predicted molar refractivity (Wildman–Crippen MR) is 68.3 cm³/mol. The number of hydrogen-bond acceptors (Lipinski definition) is 3. The average Bonchev–Trinajstić information content (AvgIpc) is 2.38. The third kappa shape index (κ3) is 3.25. The van der Waals surface area contributed by atoms with Crippen molar-refractivity contribution in [3.8, 4) is 5.75 Å². The van der Waals surface area contributed by atoms with Crippen LogP contribution in [0, 0.1) is 17.6 Å². The highest BCUT2D eigenvalue weighted by atomic mass is 19.1. The number of aliphatic hydroxyl groups is 1. The second kappa shape index (κ2) is 6.17. The van der Waals surface area contributed by atoms with Gasteiger partial charge in [0.05, 0.1) is 0 Å². The van der Waals surface area contributed by atoms with Crippen molar-refractivity contribution >= 4 is 5.91 Å². The molecule has 20 heavy (non-hydrogen) atoms. The van der Waals surface area contributed by atoms with Crippen LogP contribution in [-0.4, -0.2) is 28.8 Å². The Morgan fingerprint density at radius 2 is 1.90 bits per heavy atom. The maximum Gasteiger partial charge on any atom is 0.258 e. The minimum Gasteiger partial charge on any atom is -0.507 e. The van der Waals surface area contributed by atoms with Crippen molar-refractivity contribution in [2.75, 3.05) is 6.61 Å². The molecule has 0 aliphatic heterocycles. The smallest absolute Gasteiger partial charge is 0.258 e. The third-order valence-electron chi connectivity index (χ3n) is 3.70. The Morgan fingerprint density at radius 3 is 2.45 bits per heavy atom. The molecular formula is C14H17F2NO3. The molecule has 0 unspecified atom stereocenters. The Labute approximate surface area is 115 Å². The molecule has 0 heterocycles. The first-order valence-electron chi connectivity index (χ1n) is 6.61. The van der Waals surface area contributed by atoms with Crippen molar-refractivity contribution in [1.29, 1.82) is 0 Å². The summed E-state index contributed by atoms with van der Waals surface area (Å²) < 4.78 is 26.4. The fraction of sp³-hybridized carbons (Fsp3) is 0.500. The zero-order valence-electron chi connectivity index (χ0n) is 10.9. The number of benzene rings is 1. The minimum atomic E-state index is -1.08. The third-order valence-corrected chi connectivity index (χ3v) is 3.70. The summed E-state index contributed by atoms with van der Waals surface area (Å²) in [7, 11) is 0. The molecule has 1 aromatic rings. The minimum absolute atomic E-state index is 0.117. The monoisotopic (exact) mass is 285 g/mol. The fourth-order valence-corrected chi connectivity index (χ4v) is 2.53. The van der Waals surface area contributed by atoms with Crippen LogP contribution in [0.1, 0.15) is 36.0 Å². The Hall–Kier alpha value is -1.69. The van der Waals surface area contributed by atoms with Gasteiger partial charge in [-0.25, -0.2) is 8.78 Å². The number of halogens is 2. The van der Waals surface area contributed by atoms with Gasteiger partial charge < -0.3 is 15.5 Å². The molecule has 1 aromatic carbocycles. The van der Waals surface area contributed by atoms with Gasteiger partial charge in [-0.2, -0.15) is 0 Å². The first-order valence-corrected chi connectivity index (χ1v) is 6.61. The normalized spacial score (nSPS) is 22.6. The zero-order valence-corrected chi connectivity index (χ0v) is 10.9. The number of phenolic OH excluding ortho intramolecular Hbond substituents is 1. The molecule has 0 saturated heterocycles. The Morgan fingerprint density at radius 1 is 1.25 bits per heavy atom. The van der Waals surface area contributed by atoms with E-state index in [9.17, 15) is 18.7 Å². The van der Waals surface area contributed by atoms with Gasteiger partial charge >= 0.3 is 0 Å². The second-order valence-corrected chi connectivity index (χ2v) is 5.16. The topological polar surface area (TPSA) is 69.6 Å². The molecule has 3 N–H and O–H groups in total. The quantitative estimate of drug-likeness (QED) is 0.795. The highest BCUT2D eigenvalue weighted by molar-refractivity contribution is 5.97. The lowest BCUT2D eigenvalue weighted by molar-refractivity contribution is 0.0907. The molecule has 2 rings (SSSR count). The number of aliphatic hydroxyl groups excluding tert-OH is 1. The number of phenols is 1. The molecule has 0 aromatic heterocycles. The van der Waals surface area contributed by atoms with E-state index in [1.165, 1.54) is 0 Å². The summed E-state index contributed by atoms with van der Waals surface area (Å²) in [5.74, 6) is -3.21. The number of carbonyl (C=O) groups is 1. The van der Waals surface area contributed by atoms with Gasteiger partial charge in [0.25, 0.3) is 5.91 Å². The van der Waals surface area contributed by atoms with Crippen LogP contribution in [0.4, 0.5) is 8.78 Å². The van der Waals surface area contributed by atoms with Gasteiger partial charge in [-0.15, -0.1) is 0 Å². The Bertz CT molecular complexity index is 476. The van der Waals surface area contributed by atoms with Crippen molar-refractivity contribution in [2.45, 2.75) is 31.7 Å². The molecule has 6 heteroatoms. The number of rotatable bonds is 3. The Kier molecular flexibility index (Phi) is 4.54. The van der Waals surface area contributed by atoms with E-state index in [1.807, 2.05) is 0 Å². The lowest BCUT2D eigenvalue weighted by Crippen LogP contribution is -2.38. The predicted octanol–water partition coefficient (Wildman–Crippen LogP) is 1.95. The zero-order chi connectivity index (χ0) is 14.7. The van der Waals surface area contributed by atoms with E-state index >= 15 is 0 Å². The number of aromatic hydroxyl groups is 1. The van der Waals surface area contributed by atoms with Crippen LogP contribution in [0.3, 0.4) is 0 Å². The average molecular weight is 285 g/mol. The van der Waals surface area contributed by atoms with Crippen LogP contribution in [-0.2, 0) is 0 Å². The van der Waals surface area contributed by atoms with Crippen molar-refractivity contribution in [3.05, 3.63) is 29.3 Å². The van der Waals surface area contributed by atoms with Crippen LogP contribution >= 0.6 is 0 Å². The van der Waals surface area contributed by atoms with Gasteiger partial charge in [0.15, 0.2) is 0 Å². The van der Waals surface area contributed by atoms with E-state index in [0.717, 1.165) is 12.8 Å². The first kappa shape index (κ1) is 14.7. The number of nitrogens with one attached hydrogen (secondary N) is 1. The van der Waals surface area contributed by atoms with E-state index < -0.39 is 28.9 Å². The molecule has 0 radical (unpaired) electrons. The standard InChI is InChI=1S/C14H17F2NO3/c15-9-5-11(16)13(12(19)6-9)14(20)17-10-3-1-8(7-18)2-4-10/h5-6,8,10,18-19H,1-4,7H2,(H,17,20). The maximum absolute atomic E-state index is 13.5. The van der Waals surface area contributed by atoms with Gasteiger partial charge in [-0.1, -0.05) is 0 Å². The molecule has 0 spiro atoms. The van der Waals surface area contributed by atoms with Gasteiger partial charge in [-0.3, -0.25) is 4.79 Å². The molecule has 0 bridgehead atoms. The highest BCUT2D eigenvalue weighted by Gasteiger charge is 2.25. The summed E-state index contributed by atoms with van der Waals surface area (Å²) in [6.45, 7) is 0.133. The van der Waals surface area contributed by atoms with E-state index in [0.29, 0.717) is 25.0 Å². The molecule has 110 valence electrons. The molecule has 4 nitrogen and oxygen atoms in total. The second-order valence-electron chi connectivity index (χ2n) is 5.16. The van der Waals surface area contributed by atoms with Crippen LogP contribution in [0.25, 0.3) is 0 Å². The largest absolute Gasteiger partial charge is 0.507 e. The van der Waals surface area contributed by atoms with Crippen molar-refractivity contribution in [3.63, 3.8) is 0 Å². The highest BCUT2D eigenvalue weighted by Crippen LogP contribution is 2.26. The van der Waals surface area contributed by atoms with Crippen molar-refractivity contribution in [2.24, 2.45) is 5.92 Å². The van der Waals surface area contributed by atoms with Gasteiger partial charge in [0.2, 0.25) is 0 Å².